The third-order valence-electron chi connectivity index (χ3n) is 3.09. The van der Waals surface area contributed by atoms with Crippen molar-refractivity contribution in [2.75, 3.05) is 39.9 Å². The smallest absolute Gasteiger partial charge is 0.0474 e. The molecule has 1 saturated heterocycles. The zero-order chi connectivity index (χ0) is 11.1. The van der Waals surface area contributed by atoms with E-state index in [-0.39, 0.29) is 0 Å². The minimum Gasteiger partial charge on any atom is -0.385 e. The highest BCUT2D eigenvalue weighted by Gasteiger charge is 2.15. The SMILES string of the molecule is COCCCN1CCC(C)NCC(C)C1. The lowest BCUT2D eigenvalue weighted by molar-refractivity contribution is 0.155. The Hall–Kier alpha value is -0.120. The fourth-order valence-electron chi connectivity index (χ4n) is 2.11. The summed E-state index contributed by atoms with van der Waals surface area (Å²) in [7, 11) is 1.78. The van der Waals surface area contributed by atoms with E-state index in [9.17, 15) is 0 Å². The van der Waals surface area contributed by atoms with Crippen molar-refractivity contribution in [3.05, 3.63) is 0 Å². The third-order valence-corrected chi connectivity index (χ3v) is 3.09. The third kappa shape index (κ3) is 5.50. The lowest BCUT2D eigenvalue weighted by Crippen LogP contribution is -2.42. The molecule has 0 saturated carbocycles. The molecule has 0 spiro atoms. The van der Waals surface area contributed by atoms with Crippen LogP contribution in [0.25, 0.3) is 0 Å². The van der Waals surface area contributed by atoms with E-state index in [0.717, 1.165) is 25.5 Å². The Balaban J connectivity index is 2.27. The molecule has 0 aromatic rings. The predicted octanol–water partition coefficient (Wildman–Crippen LogP) is 1.34. The van der Waals surface area contributed by atoms with Crippen LogP contribution in [0.2, 0.25) is 0 Å². The van der Waals surface area contributed by atoms with E-state index < -0.39 is 0 Å². The fourth-order valence-corrected chi connectivity index (χ4v) is 2.11. The van der Waals surface area contributed by atoms with Crippen molar-refractivity contribution in [1.82, 2.24) is 10.2 Å². The summed E-state index contributed by atoms with van der Waals surface area (Å²) in [5.74, 6) is 0.760. The average molecular weight is 214 g/mol. The number of hydrogen-bond donors (Lipinski definition) is 1. The van der Waals surface area contributed by atoms with Crippen LogP contribution in [0.5, 0.6) is 0 Å². The van der Waals surface area contributed by atoms with Crippen molar-refractivity contribution in [3.63, 3.8) is 0 Å². The van der Waals surface area contributed by atoms with Crippen LogP contribution in [0.15, 0.2) is 0 Å². The van der Waals surface area contributed by atoms with Crippen molar-refractivity contribution in [1.29, 1.82) is 0 Å². The molecular weight excluding hydrogens is 188 g/mol. The van der Waals surface area contributed by atoms with Crippen molar-refractivity contribution in [3.8, 4) is 0 Å². The molecule has 0 amide bonds. The molecule has 2 unspecified atom stereocenters. The summed E-state index contributed by atoms with van der Waals surface area (Å²) >= 11 is 0. The van der Waals surface area contributed by atoms with Gasteiger partial charge in [0.15, 0.2) is 0 Å². The molecule has 3 heteroatoms. The monoisotopic (exact) mass is 214 g/mol. The molecule has 1 rings (SSSR count). The average Bonchev–Trinajstić information content (AvgIpc) is 2.21. The van der Waals surface area contributed by atoms with Gasteiger partial charge in [-0.25, -0.2) is 0 Å². The molecule has 0 radical (unpaired) electrons. The minimum absolute atomic E-state index is 0.665. The molecule has 90 valence electrons. The lowest BCUT2D eigenvalue weighted by Gasteiger charge is -2.31. The maximum Gasteiger partial charge on any atom is 0.0474 e. The number of hydrogen-bond acceptors (Lipinski definition) is 3. The normalized spacial score (nSPS) is 29.8. The van der Waals surface area contributed by atoms with Crippen LogP contribution < -0.4 is 5.32 Å². The van der Waals surface area contributed by atoms with Gasteiger partial charge in [-0.1, -0.05) is 6.92 Å². The van der Waals surface area contributed by atoms with Gasteiger partial charge in [-0.05, 0) is 38.8 Å². The van der Waals surface area contributed by atoms with Crippen molar-refractivity contribution >= 4 is 0 Å². The molecular formula is C12H26N2O. The Morgan fingerprint density at radius 1 is 1.40 bits per heavy atom. The van der Waals surface area contributed by atoms with E-state index in [4.69, 9.17) is 4.74 Å². The summed E-state index contributed by atoms with van der Waals surface area (Å²) in [6.45, 7) is 10.3. The maximum absolute atomic E-state index is 5.10. The predicted molar refractivity (Wildman–Crippen MR) is 64.2 cm³/mol. The Bertz CT molecular complexity index is 164. The zero-order valence-corrected chi connectivity index (χ0v) is 10.5. The number of nitrogens with one attached hydrogen (secondary N) is 1. The number of nitrogens with zero attached hydrogens (tertiary/aromatic N) is 1. The van der Waals surface area contributed by atoms with E-state index in [1.165, 1.54) is 26.1 Å². The molecule has 2 atom stereocenters. The Morgan fingerprint density at radius 2 is 2.20 bits per heavy atom. The standard InChI is InChI=1S/C12H26N2O/c1-11-9-13-12(2)5-7-14(10-11)6-4-8-15-3/h11-13H,4-10H2,1-3H3. The summed E-state index contributed by atoms with van der Waals surface area (Å²) in [5.41, 5.74) is 0. The number of ether oxygens (including phenoxy) is 1. The summed E-state index contributed by atoms with van der Waals surface area (Å²) in [4.78, 5) is 2.58. The summed E-state index contributed by atoms with van der Waals surface area (Å²) in [5, 5.41) is 3.57. The second-order valence-electron chi connectivity index (χ2n) is 4.85. The van der Waals surface area contributed by atoms with Gasteiger partial charge in [0.2, 0.25) is 0 Å². The molecule has 15 heavy (non-hydrogen) atoms. The molecule has 0 aromatic heterocycles. The first-order valence-corrected chi connectivity index (χ1v) is 6.17. The van der Waals surface area contributed by atoms with Gasteiger partial charge in [-0.2, -0.15) is 0 Å². The van der Waals surface area contributed by atoms with Crippen LogP contribution in [-0.2, 0) is 4.74 Å². The molecule has 1 aliphatic rings. The first-order chi connectivity index (χ1) is 7.22. The molecule has 1 N–H and O–H groups in total. The van der Waals surface area contributed by atoms with Crippen molar-refractivity contribution in [2.24, 2.45) is 5.92 Å². The summed E-state index contributed by atoms with van der Waals surface area (Å²) in [6, 6.07) is 0.665. The van der Waals surface area contributed by atoms with E-state index in [0.29, 0.717) is 6.04 Å². The van der Waals surface area contributed by atoms with Crippen LogP contribution in [0.3, 0.4) is 0 Å². The molecule has 3 nitrogen and oxygen atoms in total. The highest BCUT2D eigenvalue weighted by atomic mass is 16.5. The van der Waals surface area contributed by atoms with E-state index in [1.807, 2.05) is 0 Å². The van der Waals surface area contributed by atoms with Gasteiger partial charge in [-0.3, -0.25) is 0 Å². The van der Waals surface area contributed by atoms with Crippen LogP contribution in [0, 0.1) is 5.92 Å². The van der Waals surface area contributed by atoms with Gasteiger partial charge < -0.3 is 15.0 Å². The van der Waals surface area contributed by atoms with Crippen LogP contribution in [-0.4, -0.2) is 50.8 Å². The minimum atomic E-state index is 0.665. The Kier molecular flexibility index (Phi) is 6.22. The van der Waals surface area contributed by atoms with Crippen LogP contribution >= 0.6 is 0 Å². The molecule has 0 bridgehead atoms. The van der Waals surface area contributed by atoms with Crippen molar-refractivity contribution in [2.45, 2.75) is 32.7 Å². The molecule has 1 aliphatic heterocycles. The number of rotatable bonds is 4. The Labute approximate surface area is 94.2 Å². The quantitative estimate of drug-likeness (QED) is 0.715. The van der Waals surface area contributed by atoms with Gasteiger partial charge in [0, 0.05) is 32.8 Å². The Morgan fingerprint density at radius 3 is 2.93 bits per heavy atom. The maximum atomic E-state index is 5.10. The molecule has 1 heterocycles. The molecule has 1 fully saturated rings. The largest absolute Gasteiger partial charge is 0.385 e. The first-order valence-electron chi connectivity index (χ1n) is 6.17. The van der Waals surface area contributed by atoms with E-state index >= 15 is 0 Å². The van der Waals surface area contributed by atoms with Crippen molar-refractivity contribution < 1.29 is 4.74 Å². The van der Waals surface area contributed by atoms with Gasteiger partial charge in [0.1, 0.15) is 0 Å². The lowest BCUT2D eigenvalue weighted by atomic mass is 10.1. The van der Waals surface area contributed by atoms with Gasteiger partial charge in [0.05, 0.1) is 0 Å². The zero-order valence-electron chi connectivity index (χ0n) is 10.5. The highest BCUT2D eigenvalue weighted by molar-refractivity contribution is 4.73. The van der Waals surface area contributed by atoms with Crippen LogP contribution in [0.4, 0.5) is 0 Å². The second-order valence-corrected chi connectivity index (χ2v) is 4.85. The van der Waals surface area contributed by atoms with Gasteiger partial charge >= 0.3 is 0 Å². The second kappa shape index (κ2) is 7.20. The topological polar surface area (TPSA) is 24.5 Å². The summed E-state index contributed by atoms with van der Waals surface area (Å²) in [6.07, 6.45) is 2.42. The highest BCUT2D eigenvalue weighted by Crippen LogP contribution is 2.07. The fraction of sp³-hybridized carbons (Fsp3) is 1.00. The molecule has 0 aromatic carbocycles. The first kappa shape index (κ1) is 12.9. The van der Waals surface area contributed by atoms with E-state index in [2.05, 4.69) is 24.1 Å². The van der Waals surface area contributed by atoms with E-state index in [1.54, 1.807) is 7.11 Å². The molecule has 0 aliphatic carbocycles. The van der Waals surface area contributed by atoms with Gasteiger partial charge in [-0.15, -0.1) is 0 Å². The van der Waals surface area contributed by atoms with Crippen LogP contribution in [0.1, 0.15) is 26.7 Å². The van der Waals surface area contributed by atoms with Gasteiger partial charge in [0.25, 0.3) is 0 Å². The number of methoxy groups -OCH3 is 1. The summed E-state index contributed by atoms with van der Waals surface area (Å²) < 4.78 is 5.10.